The Kier molecular flexibility index (Phi) is 7.75. The number of benzene rings is 2. The number of ketones is 1. The smallest absolute Gasteiger partial charge is 0.146 e. The van der Waals surface area contributed by atoms with Crippen molar-refractivity contribution in [3.8, 4) is 11.5 Å². The largest absolute Gasteiger partial charge is 0.492 e. The fourth-order valence-corrected chi connectivity index (χ4v) is 6.51. The van der Waals surface area contributed by atoms with E-state index >= 15 is 0 Å². The van der Waals surface area contributed by atoms with Gasteiger partial charge in [-0.3, -0.25) is 14.1 Å². The minimum atomic E-state index is -0.228. The van der Waals surface area contributed by atoms with E-state index in [2.05, 4.69) is 66.5 Å². The van der Waals surface area contributed by atoms with Crippen LogP contribution in [-0.2, 0) is 4.79 Å². The lowest BCUT2D eigenvalue weighted by atomic mass is 9.75. The maximum Gasteiger partial charge on any atom is 0.146 e. The first-order valence-corrected chi connectivity index (χ1v) is 14.6. The molecule has 2 aliphatic heterocycles. The van der Waals surface area contributed by atoms with Gasteiger partial charge in [-0.15, -0.1) is 0 Å². The first-order valence-electron chi connectivity index (χ1n) is 14.6. The quantitative estimate of drug-likeness (QED) is 0.288. The molecule has 0 bridgehead atoms. The lowest BCUT2D eigenvalue weighted by molar-refractivity contribution is -0.116. The van der Waals surface area contributed by atoms with E-state index in [-0.39, 0.29) is 25.9 Å². The summed E-state index contributed by atoms with van der Waals surface area (Å²) in [6, 6.07) is 14.8. The summed E-state index contributed by atoms with van der Waals surface area (Å²) in [5.41, 5.74) is 8.58. The molecule has 5 heteroatoms. The summed E-state index contributed by atoms with van der Waals surface area (Å²) in [6.07, 6.45) is 11.9. The van der Waals surface area contributed by atoms with E-state index in [9.17, 15) is 9.18 Å². The van der Waals surface area contributed by atoms with Gasteiger partial charge in [0.25, 0.3) is 0 Å². The van der Waals surface area contributed by atoms with Crippen LogP contribution in [0.5, 0.6) is 11.5 Å². The van der Waals surface area contributed by atoms with E-state index < -0.39 is 0 Å². The molecule has 0 N–H and O–H groups in total. The van der Waals surface area contributed by atoms with Crippen molar-refractivity contribution in [2.45, 2.75) is 45.6 Å². The molecule has 0 spiro atoms. The number of carbonyl (C=O) groups excluding carboxylic acids is 1. The van der Waals surface area contributed by atoms with E-state index in [1.165, 1.54) is 27.9 Å². The van der Waals surface area contributed by atoms with E-state index in [4.69, 9.17) is 9.47 Å². The highest BCUT2D eigenvalue weighted by Gasteiger charge is 2.34. The fourth-order valence-electron chi connectivity index (χ4n) is 6.51. The van der Waals surface area contributed by atoms with E-state index in [0.29, 0.717) is 18.9 Å². The maximum absolute atomic E-state index is 12.7. The summed E-state index contributed by atoms with van der Waals surface area (Å²) in [5.74, 6) is 2.49. The average molecular weight is 542 g/mol. The van der Waals surface area contributed by atoms with Gasteiger partial charge >= 0.3 is 0 Å². The van der Waals surface area contributed by atoms with Crippen molar-refractivity contribution in [3.63, 3.8) is 0 Å². The van der Waals surface area contributed by atoms with Gasteiger partial charge < -0.3 is 9.47 Å². The van der Waals surface area contributed by atoms with Crippen molar-refractivity contribution in [1.82, 2.24) is 4.90 Å². The number of ether oxygens (including phenoxy) is 2. The third-order valence-corrected chi connectivity index (χ3v) is 8.71. The number of nitrogens with zero attached hydrogens (tertiary/aromatic N) is 1. The molecule has 2 unspecified atom stereocenters. The Morgan fingerprint density at radius 3 is 2.67 bits per heavy atom. The Morgan fingerprint density at radius 1 is 1.18 bits per heavy atom. The van der Waals surface area contributed by atoms with Gasteiger partial charge in [0.05, 0.1) is 6.67 Å². The van der Waals surface area contributed by atoms with Crippen molar-refractivity contribution < 1.29 is 20.1 Å². The molecule has 4 nitrogen and oxygen atoms in total. The van der Waals surface area contributed by atoms with E-state index in [0.717, 1.165) is 61.5 Å². The molecule has 2 atom stereocenters. The van der Waals surface area contributed by atoms with Crippen LogP contribution >= 0.6 is 0 Å². The summed E-state index contributed by atoms with van der Waals surface area (Å²) in [6.45, 7) is 6.76. The van der Waals surface area contributed by atoms with Crippen molar-refractivity contribution in [1.29, 1.82) is 0 Å². The minimum absolute atomic E-state index is 0. The van der Waals surface area contributed by atoms with Crippen molar-refractivity contribution in [2.24, 2.45) is 11.8 Å². The number of hydrogen-bond acceptors (Lipinski definition) is 4. The van der Waals surface area contributed by atoms with Gasteiger partial charge in [-0.05, 0) is 91.1 Å². The van der Waals surface area contributed by atoms with Crippen LogP contribution in [0.2, 0.25) is 0 Å². The third kappa shape index (κ3) is 5.57. The Morgan fingerprint density at radius 2 is 1.98 bits per heavy atom. The second-order valence-corrected chi connectivity index (χ2v) is 11.7. The average Bonchev–Trinajstić information content (AvgIpc) is 2.89. The normalized spacial score (nSPS) is 22.5. The second kappa shape index (κ2) is 11.6. The molecule has 0 saturated carbocycles. The molecule has 1 saturated heterocycles. The number of likely N-dealkylation sites (tertiary alicyclic amines) is 1. The molecular formula is C35H40FNO3. The summed E-state index contributed by atoms with van der Waals surface area (Å²) in [7, 11) is 0. The molecule has 2 aromatic rings. The summed E-state index contributed by atoms with van der Waals surface area (Å²) < 4.78 is 25.5. The Balaban J connectivity index is 0.00000337. The number of carbonyl (C=O) groups is 1. The Hall–Kier alpha value is -3.44. The van der Waals surface area contributed by atoms with Gasteiger partial charge in [-0.25, -0.2) is 0 Å². The van der Waals surface area contributed by atoms with Crippen LogP contribution in [0.1, 0.15) is 63.8 Å². The summed E-state index contributed by atoms with van der Waals surface area (Å²) >= 11 is 0. The summed E-state index contributed by atoms with van der Waals surface area (Å²) in [5, 5.41) is 0. The lowest BCUT2D eigenvalue weighted by Crippen LogP contribution is -2.49. The molecule has 0 aromatic heterocycles. The SMILES string of the molecule is CC(=O)CC1=CCCC(C2=C(C)c3cc(C4=CC=C4)ccc3OC2c2ccc(OCCN3CC(CF)C3)cc2)C1.[HH]. The van der Waals surface area contributed by atoms with Crippen LogP contribution in [0.25, 0.3) is 11.1 Å². The van der Waals surface area contributed by atoms with Crippen molar-refractivity contribution >= 4 is 16.9 Å². The maximum atomic E-state index is 12.7. The molecule has 0 amide bonds. The van der Waals surface area contributed by atoms with Crippen LogP contribution in [0.4, 0.5) is 4.39 Å². The number of Topliss-reactive ketones (excluding diaryl/α,β-unsaturated/α-hetero) is 1. The molecule has 6 rings (SSSR count). The number of rotatable bonds is 10. The molecule has 4 aliphatic rings. The molecule has 2 aliphatic carbocycles. The molecule has 210 valence electrons. The highest BCUT2D eigenvalue weighted by atomic mass is 19.1. The first-order chi connectivity index (χ1) is 19.5. The number of alkyl halides is 1. The number of fused-ring (bicyclic) bond motifs is 1. The predicted molar refractivity (Wildman–Crippen MR) is 160 cm³/mol. The topological polar surface area (TPSA) is 38.8 Å². The van der Waals surface area contributed by atoms with E-state index in [1.54, 1.807) is 6.92 Å². The van der Waals surface area contributed by atoms with Gasteiger partial charge in [-0.2, -0.15) is 0 Å². The zero-order chi connectivity index (χ0) is 27.6. The lowest BCUT2D eigenvalue weighted by Gasteiger charge is -2.37. The van der Waals surface area contributed by atoms with Gasteiger partial charge in [0.15, 0.2) is 0 Å². The van der Waals surface area contributed by atoms with Gasteiger partial charge in [0, 0.05) is 39.0 Å². The van der Waals surface area contributed by atoms with Crippen LogP contribution in [0.3, 0.4) is 0 Å². The first kappa shape index (κ1) is 26.8. The molecular weight excluding hydrogens is 501 g/mol. The predicted octanol–water partition coefficient (Wildman–Crippen LogP) is 7.78. The zero-order valence-corrected chi connectivity index (χ0v) is 23.5. The van der Waals surface area contributed by atoms with Gasteiger partial charge in [0.2, 0.25) is 0 Å². The Bertz CT molecular complexity index is 1400. The van der Waals surface area contributed by atoms with E-state index in [1.807, 2.05) is 12.1 Å². The van der Waals surface area contributed by atoms with Crippen LogP contribution < -0.4 is 9.47 Å². The fraction of sp³-hybridized carbons (Fsp3) is 0.400. The molecule has 2 heterocycles. The monoisotopic (exact) mass is 541 g/mol. The van der Waals surface area contributed by atoms with Crippen molar-refractivity contribution in [2.75, 3.05) is 32.9 Å². The van der Waals surface area contributed by atoms with Crippen molar-refractivity contribution in [3.05, 3.63) is 94.6 Å². The highest BCUT2D eigenvalue weighted by molar-refractivity contribution is 5.85. The molecule has 0 radical (unpaired) electrons. The van der Waals surface area contributed by atoms with Crippen LogP contribution in [0, 0.1) is 11.8 Å². The number of hydrogen-bond donors (Lipinski definition) is 0. The standard InChI is InChI=1S/C35H38FNO3.H2/c1-23(38)17-25-5-3-8-30(18-25)34-24(2)32-19-29(27-6-4-7-27)11-14-33(32)40-35(34)28-9-12-31(13-10-28)39-16-15-37-21-26(20-36)22-37;/h4-7,9-14,19,26,30,35H,3,8,15-18,20-22H2,1-2H3;1H. The van der Waals surface area contributed by atoms with Crippen LogP contribution in [0.15, 0.2) is 77.9 Å². The molecule has 1 fully saturated rings. The zero-order valence-electron chi connectivity index (χ0n) is 23.5. The number of allylic oxidation sites excluding steroid dienone is 7. The van der Waals surface area contributed by atoms with Gasteiger partial charge in [-0.1, -0.05) is 48.1 Å². The minimum Gasteiger partial charge on any atom is -0.492 e. The van der Waals surface area contributed by atoms with Gasteiger partial charge in [0.1, 0.15) is 30.0 Å². The molecule has 40 heavy (non-hydrogen) atoms. The van der Waals surface area contributed by atoms with Crippen LogP contribution in [-0.4, -0.2) is 43.6 Å². The molecule has 2 aromatic carbocycles. The summed E-state index contributed by atoms with van der Waals surface area (Å²) in [4.78, 5) is 14.1. The number of halogens is 1. The second-order valence-electron chi connectivity index (χ2n) is 11.7. The highest BCUT2D eigenvalue weighted by Crippen LogP contribution is 2.49. The third-order valence-electron chi connectivity index (χ3n) is 8.71. The Labute approximate surface area is 238 Å².